The Balaban J connectivity index is 1.25. The Morgan fingerprint density at radius 3 is 2.62 bits per heavy atom. The molecule has 1 aliphatic rings. The Hall–Kier alpha value is -4.99. The van der Waals surface area contributed by atoms with Crippen LogP contribution >= 0.6 is 0 Å². The highest BCUT2D eigenvalue weighted by molar-refractivity contribution is 5.98. The zero-order chi connectivity index (χ0) is 27.1. The lowest BCUT2D eigenvalue weighted by Gasteiger charge is -2.20. The SMILES string of the molecule is O=C(Nc1cncc(-c2cc(F)c3[nH]nc(-c4nc5c(-c6ccncc6)ccnc5[nH]4)c3c2)c1)C1CCCCC1. The fraction of sp³-hybridized carbons (Fsp3) is 0.200. The number of benzene rings is 1. The van der Waals surface area contributed by atoms with Crippen molar-refractivity contribution in [2.75, 3.05) is 5.32 Å². The summed E-state index contributed by atoms with van der Waals surface area (Å²) >= 11 is 0. The van der Waals surface area contributed by atoms with Crippen LogP contribution in [0.25, 0.3) is 55.8 Å². The summed E-state index contributed by atoms with van der Waals surface area (Å²) in [6.07, 6.45) is 13.6. The van der Waals surface area contributed by atoms with Gasteiger partial charge in [-0.3, -0.25) is 19.9 Å². The second-order valence-electron chi connectivity index (χ2n) is 10.1. The molecule has 5 aromatic heterocycles. The van der Waals surface area contributed by atoms with Crippen LogP contribution in [0.15, 0.2) is 67.4 Å². The van der Waals surface area contributed by atoms with Crippen LogP contribution in [-0.4, -0.2) is 41.0 Å². The largest absolute Gasteiger partial charge is 0.324 e. The third-order valence-electron chi connectivity index (χ3n) is 7.54. The van der Waals surface area contributed by atoms with Gasteiger partial charge in [-0.05, 0) is 60.4 Å². The molecule has 3 N–H and O–H groups in total. The van der Waals surface area contributed by atoms with Gasteiger partial charge < -0.3 is 10.3 Å². The normalized spacial score (nSPS) is 14.1. The minimum atomic E-state index is -0.449. The van der Waals surface area contributed by atoms with Crippen LogP contribution < -0.4 is 5.32 Å². The highest BCUT2D eigenvalue weighted by Crippen LogP contribution is 2.34. The molecule has 0 spiro atoms. The number of imidazole rings is 1. The molecular weight excluding hydrogens is 507 g/mol. The van der Waals surface area contributed by atoms with Gasteiger partial charge >= 0.3 is 0 Å². The van der Waals surface area contributed by atoms with Crippen LogP contribution in [0.2, 0.25) is 0 Å². The van der Waals surface area contributed by atoms with Crippen molar-refractivity contribution in [3.63, 3.8) is 0 Å². The van der Waals surface area contributed by atoms with Crippen LogP contribution in [0.3, 0.4) is 0 Å². The van der Waals surface area contributed by atoms with Crippen molar-refractivity contribution in [1.82, 2.24) is 35.1 Å². The van der Waals surface area contributed by atoms with Gasteiger partial charge in [-0.15, -0.1) is 0 Å². The molecule has 0 aliphatic heterocycles. The first-order valence-electron chi connectivity index (χ1n) is 13.3. The molecule has 0 bridgehead atoms. The van der Waals surface area contributed by atoms with Gasteiger partial charge in [-0.2, -0.15) is 5.10 Å². The maximum Gasteiger partial charge on any atom is 0.227 e. The lowest BCUT2D eigenvalue weighted by molar-refractivity contribution is -0.120. The Morgan fingerprint density at radius 1 is 0.925 bits per heavy atom. The van der Waals surface area contributed by atoms with Crippen LogP contribution in [0.5, 0.6) is 0 Å². The van der Waals surface area contributed by atoms with Gasteiger partial charge in [0.25, 0.3) is 0 Å². The standard InChI is InChI=1S/C30H25FN8O/c31-24-14-19(20-12-21(16-33-15-20)35-30(40)18-4-2-1-3-5-18)13-23-25(24)38-39-27(23)29-36-26-22(8-11-34-28(26)37-29)17-6-9-32-10-7-17/h6-16,18H,1-5H2,(H,35,40)(H,38,39)(H,34,36,37). The van der Waals surface area contributed by atoms with Crippen molar-refractivity contribution in [2.24, 2.45) is 5.92 Å². The van der Waals surface area contributed by atoms with Crippen molar-refractivity contribution in [2.45, 2.75) is 32.1 Å². The van der Waals surface area contributed by atoms with Gasteiger partial charge in [0.1, 0.15) is 22.5 Å². The summed E-state index contributed by atoms with van der Waals surface area (Å²) in [7, 11) is 0. The van der Waals surface area contributed by atoms with E-state index in [4.69, 9.17) is 4.98 Å². The first-order chi connectivity index (χ1) is 19.6. The van der Waals surface area contributed by atoms with E-state index in [0.717, 1.165) is 36.8 Å². The number of halogens is 1. The van der Waals surface area contributed by atoms with E-state index in [2.05, 4.69) is 35.5 Å². The molecule has 0 saturated heterocycles. The number of rotatable bonds is 5. The molecule has 0 atom stereocenters. The van der Waals surface area contributed by atoms with E-state index in [-0.39, 0.29) is 17.3 Å². The fourth-order valence-corrected chi connectivity index (χ4v) is 5.49. The average molecular weight is 533 g/mol. The number of carbonyl (C=O) groups excluding carboxylic acids is 1. The number of fused-ring (bicyclic) bond motifs is 2. The zero-order valence-electron chi connectivity index (χ0n) is 21.5. The van der Waals surface area contributed by atoms with Gasteiger partial charge in [0, 0.05) is 47.2 Å². The van der Waals surface area contributed by atoms with Crippen molar-refractivity contribution >= 4 is 33.7 Å². The summed E-state index contributed by atoms with van der Waals surface area (Å²) in [6, 6.07) is 10.8. The monoisotopic (exact) mass is 532 g/mol. The van der Waals surface area contributed by atoms with E-state index in [1.54, 1.807) is 31.0 Å². The van der Waals surface area contributed by atoms with Gasteiger partial charge in [-0.1, -0.05) is 19.3 Å². The molecule has 0 unspecified atom stereocenters. The second-order valence-corrected chi connectivity index (χ2v) is 10.1. The fourth-order valence-electron chi connectivity index (χ4n) is 5.49. The first kappa shape index (κ1) is 24.1. The van der Waals surface area contributed by atoms with E-state index in [1.807, 2.05) is 30.3 Å². The molecule has 1 amide bonds. The first-order valence-corrected chi connectivity index (χ1v) is 13.3. The number of aromatic amines is 2. The second kappa shape index (κ2) is 9.96. The van der Waals surface area contributed by atoms with E-state index in [9.17, 15) is 4.79 Å². The quantitative estimate of drug-likeness (QED) is 0.240. The maximum atomic E-state index is 15.3. The van der Waals surface area contributed by atoms with Gasteiger partial charge in [0.05, 0.1) is 11.9 Å². The number of pyridine rings is 3. The molecule has 5 heterocycles. The summed E-state index contributed by atoms with van der Waals surface area (Å²) in [5.41, 5.74) is 5.78. The number of aromatic nitrogens is 7. The van der Waals surface area contributed by atoms with Gasteiger partial charge in [0.2, 0.25) is 5.91 Å². The zero-order valence-corrected chi connectivity index (χ0v) is 21.5. The number of hydrogen-bond acceptors (Lipinski definition) is 6. The average Bonchev–Trinajstić information content (AvgIpc) is 3.63. The third kappa shape index (κ3) is 4.37. The molecule has 1 saturated carbocycles. The molecule has 1 fully saturated rings. The van der Waals surface area contributed by atoms with Crippen LogP contribution in [0.1, 0.15) is 32.1 Å². The topological polar surface area (TPSA) is 125 Å². The molecule has 1 aliphatic carbocycles. The lowest BCUT2D eigenvalue weighted by atomic mass is 9.88. The minimum Gasteiger partial charge on any atom is -0.324 e. The summed E-state index contributed by atoms with van der Waals surface area (Å²) in [5, 5.41) is 10.8. The number of H-pyrrole nitrogens is 2. The van der Waals surface area contributed by atoms with Crippen LogP contribution in [-0.2, 0) is 4.79 Å². The maximum absolute atomic E-state index is 15.3. The summed E-state index contributed by atoms with van der Waals surface area (Å²) in [4.78, 5) is 33.7. The van der Waals surface area contributed by atoms with Crippen molar-refractivity contribution in [3.05, 3.63) is 73.2 Å². The number of nitrogens with one attached hydrogen (secondary N) is 3. The Bertz CT molecular complexity index is 1860. The molecule has 7 rings (SSSR count). The number of hydrogen-bond donors (Lipinski definition) is 3. The van der Waals surface area contributed by atoms with Crippen LogP contribution in [0.4, 0.5) is 10.1 Å². The molecule has 1 aromatic carbocycles. The van der Waals surface area contributed by atoms with E-state index in [1.165, 1.54) is 12.5 Å². The Morgan fingerprint density at radius 2 is 1.77 bits per heavy atom. The predicted molar refractivity (Wildman–Crippen MR) is 151 cm³/mol. The van der Waals surface area contributed by atoms with E-state index < -0.39 is 5.82 Å². The summed E-state index contributed by atoms with van der Waals surface area (Å²) in [5.74, 6) is 0.0622. The highest BCUT2D eigenvalue weighted by Gasteiger charge is 2.22. The molecule has 6 aromatic rings. The summed E-state index contributed by atoms with van der Waals surface area (Å²) < 4.78 is 15.3. The molecule has 40 heavy (non-hydrogen) atoms. The molecule has 10 heteroatoms. The number of carbonyl (C=O) groups is 1. The third-order valence-corrected chi connectivity index (χ3v) is 7.54. The highest BCUT2D eigenvalue weighted by atomic mass is 19.1. The minimum absolute atomic E-state index is 0.0158. The van der Waals surface area contributed by atoms with Gasteiger partial charge in [0.15, 0.2) is 11.5 Å². The van der Waals surface area contributed by atoms with E-state index >= 15 is 4.39 Å². The predicted octanol–water partition coefficient (Wildman–Crippen LogP) is 6.28. The number of anilines is 1. The van der Waals surface area contributed by atoms with E-state index in [0.29, 0.717) is 44.9 Å². The Labute approximate surface area is 228 Å². The molecular formula is C30H25FN8O. The van der Waals surface area contributed by atoms with Crippen molar-refractivity contribution in [3.8, 4) is 33.8 Å². The Kier molecular flexibility index (Phi) is 5.99. The molecule has 198 valence electrons. The lowest BCUT2D eigenvalue weighted by Crippen LogP contribution is -2.24. The van der Waals surface area contributed by atoms with Crippen molar-refractivity contribution in [1.29, 1.82) is 0 Å². The summed E-state index contributed by atoms with van der Waals surface area (Å²) in [6.45, 7) is 0. The van der Waals surface area contributed by atoms with Crippen molar-refractivity contribution < 1.29 is 9.18 Å². The van der Waals surface area contributed by atoms with Crippen LogP contribution in [0, 0.1) is 11.7 Å². The number of nitrogens with zero attached hydrogens (tertiary/aromatic N) is 5. The smallest absolute Gasteiger partial charge is 0.227 e. The van der Waals surface area contributed by atoms with Gasteiger partial charge in [-0.25, -0.2) is 14.4 Å². The molecule has 9 nitrogen and oxygen atoms in total. The molecule has 0 radical (unpaired) electrons. The number of amides is 1.